The van der Waals surface area contributed by atoms with Gasteiger partial charge in [-0.25, -0.2) is 4.79 Å². The molecule has 0 aliphatic carbocycles. The first-order chi connectivity index (χ1) is 3.89. The van der Waals surface area contributed by atoms with E-state index in [0.717, 1.165) is 0 Å². The van der Waals surface area contributed by atoms with E-state index in [-0.39, 0.29) is 5.69 Å². The van der Waals surface area contributed by atoms with Gasteiger partial charge in [0.2, 0.25) is 0 Å². The maximum absolute atomic E-state index is 9.91. The van der Waals surface area contributed by atoms with E-state index >= 15 is 0 Å². The van der Waals surface area contributed by atoms with E-state index in [4.69, 9.17) is 0 Å². The zero-order valence-electron chi connectivity index (χ0n) is 4.84. The van der Waals surface area contributed by atoms with Gasteiger partial charge in [0.1, 0.15) is 5.51 Å². The quantitative estimate of drug-likeness (QED) is 0.569. The van der Waals surface area contributed by atoms with Crippen LogP contribution in [0.2, 0.25) is 0 Å². The van der Waals surface area contributed by atoms with Crippen molar-refractivity contribution in [2.45, 2.75) is 13.8 Å². The van der Waals surface area contributed by atoms with Gasteiger partial charge in [-0.05, 0) is 11.5 Å². The Bertz CT molecular complexity index is 152. The third-order valence-corrected chi connectivity index (χ3v) is 0.872. The van der Waals surface area contributed by atoms with Gasteiger partial charge in [-0.1, -0.05) is 13.8 Å². The van der Waals surface area contributed by atoms with Crippen LogP contribution in [0.1, 0.15) is 13.8 Å². The standard InChI is InChI=1S/C2H2N2OS.C2H6/c5-2-3-1-6-4-2;1-2/h1H,(H,4,5);1-2H3. The zero-order chi connectivity index (χ0) is 6.41. The summed E-state index contributed by atoms with van der Waals surface area (Å²) >= 11 is 1.19. The fraction of sp³-hybridized carbons (Fsp3) is 0.500. The fourth-order valence-electron chi connectivity index (χ4n) is 0.177. The molecule has 1 rings (SSSR count). The minimum absolute atomic E-state index is 0.264. The topological polar surface area (TPSA) is 45.8 Å². The number of nitrogens with zero attached hydrogens (tertiary/aromatic N) is 1. The summed E-state index contributed by atoms with van der Waals surface area (Å²) in [6.07, 6.45) is 0. The minimum atomic E-state index is -0.264. The number of hydrogen-bond acceptors (Lipinski definition) is 3. The molecule has 0 unspecified atom stereocenters. The molecule has 0 spiro atoms. The second-order valence-corrected chi connectivity index (χ2v) is 1.41. The Hall–Kier alpha value is -0.640. The third-order valence-electron chi connectivity index (χ3n) is 0.369. The molecule has 0 aromatic carbocycles. The number of aromatic nitrogens is 2. The van der Waals surface area contributed by atoms with E-state index in [1.54, 1.807) is 0 Å². The summed E-state index contributed by atoms with van der Waals surface area (Å²) in [5, 5.41) is 0. The van der Waals surface area contributed by atoms with Crippen molar-refractivity contribution >= 4 is 11.5 Å². The lowest BCUT2D eigenvalue weighted by Crippen LogP contribution is -1.98. The largest absolute Gasteiger partial charge is 0.355 e. The number of H-pyrrole nitrogens is 1. The summed E-state index contributed by atoms with van der Waals surface area (Å²) < 4.78 is 2.38. The monoisotopic (exact) mass is 132 g/mol. The van der Waals surface area contributed by atoms with Gasteiger partial charge in [0, 0.05) is 0 Å². The molecule has 4 heteroatoms. The molecule has 0 bridgehead atoms. The lowest BCUT2D eigenvalue weighted by molar-refractivity contribution is 1.21. The molecule has 46 valence electrons. The highest BCUT2D eigenvalue weighted by molar-refractivity contribution is 7.03. The Morgan fingerprint density at radius 2 is 2.38 bits per heavy atom. The van der Waals surface area contributed by atoms with E-state index in [0.29, 0.717) is 0 Å². The lowest BCUT2D eigenvalue weighted by Gasteiger charge is -1.47. The summed E-state index contributed by atoms with van der Waals surface area (Å²) in [4.78, 5) is 13.2. The van der Waals surface area contributed by atoms with Gasteiger partial charge in [-0.15, -0.1) is 0 Å². The van der Waals surface area contributed by atoms with Crippen LogP contribution in [0.3, 0.4) is 0 Å². The molecule has 0 aliphatic rings. The normalized spacial score (nSPS) is 7.25. The van der Waals surface area contributed by atoms with Crippen LogP contribution in [0.15, 0.2) is 10.3 Å². The predicted molar refractivity (Wildman–Crippen MR) is 34.1 cm³/mol. The van der Waals surface area contributed by atoms with Gasteiger partial charge >= 0.3 is 5.69 Å². The van der Waals surface area contributed by atoms with Crippen molar-refractivity contribution in [1.82, 2.24) is 9.36 Å². The Kier molecular flexibility index (Phi) is 4.16. The molecule has 1 aromatic heterocycles. The molecule has 0 aliphatic heterocycles. The van der Waals surface area contributed by atoms with Crippen molar-refractivity contribution < 1.29 is 0 Å². The average molecular weight is 132 g/mol. The van der Waals surface area contributed by atoms with Crippen LogP contribution in [-0.4, -0.2) is 9.36 Å². The molecule has 1 N–H and O–H groups in total. The lowest BCUT2D eigenvalue weighted by atomic mass is 11.0. The van der Waals surface area contributed by atoms with Crippen molar-refractivity contribution in [1.29, 1.82) is 0 Å². The molecule has 0 saturated heterocycles. The molecule has 1 aromatic rings. The van der Waals surface area contributed by atoms with Crippen LogP contribution >= 0.6 is 11.5 Å². The fourth-order valence-corrected chi connectivity index (χ4v) is 0.532. The second-order valence-electron chi connectivity index (χ2n) is 0.760. The molecule has 0 atom stereocenters. The Morgan fingerprint density at radius 3 is 2.50 bits per heavy atom. The van der Waals surface area contributed by atoms with Crippen LogP contribution in [0.5, 0.6) is 0 Å². The van der Waals surface area contributed by atoms with Crippen LogP contribution in [0.4, 0.5) is 0 Å². The van der Waals surface area contributed by atoms with Gasteiger partial charge in [0.15, 0.2) is 0 Å². The molecule has 0 amide bonds. The van der Waals surface area contributed by atoms with Crippen molar-refractivity contribution in [2.75, 3.05) is 0 Å². The van der Waals surface area contributed by atoms with Gasteiger partial charge < -0.3 is 0 Å². The highest BCUT2D eigenvalue weighted by atomic mass is 32.1. The number of nitrogens with one attached hydrogen (secondary N) is 1. The molecule has 1 heterocycles. The minimum Gasteiger partial charge on any atom is -0.260 e. The smallest absolute Gasteiger partial charge is 0.260 e. The molecule has 0 radical (unpaired) electrons. The van der Waals surface area contributed by atoms with E-state index in [9.17, 15) is 4.79 Å². The number of rotatable bonds is 0. The summed E-state index contributed by atoms with van der Waals surface area (Å²) in [6, 6.07) is 0. The van der Waals surface area contributed by atoms with Crippen molar-refractivity contribution in [3.63, 3.8) is 0 Å². The van der Waals surface area contributed by atoms with E-state index in [1.807, 2.05) is 13.8 Å². The highest BCUT2D eigenvalue weighted by Crippen LogP contribution is 1.71. The summed E-state index contributed by atoms with van der Waals surface area (Å²) in [5.74, 6) is 0. The van der Waals surface area contributed by atoms with Crippen molar-refractivity contribution in [2.24, 2.45) is 0 Å². The second kappa shape index (κ2) is 4.52. The van der Waals surface area contributed by atoms with Crippen molar-refractivity contribution in [3.05, 3.63) is 16.0 Å². The predicted octanol–water partition coefficient (Wildman–Crippen LogP) is 0.858. The van der Waals surface area contributed by atoms with E-state index in [1.165, 1.54) is 17.0 Å². The molecular weight excluding hydrogens is 124 g/mol. The summed E-state index contributed by atoms with van der Waals surface area (Å²) in [6.45, 7) is 4.00. The highest BCUT2D eigenvalue weighted by Gasteiger charge is 1.73. The van der Waals surface area contributed by atoms with Gasteiger partial charge in [-0.3, -0.25) is 4.37 Å². The van der Waals surface area contributed by atoms with Crippen LogP contribution in [0.25, 0.3) is 0 Å². The average Bonchev–Trinajstić information content (AvgIpc) is 2.24. The maximum atomic E-state index is 9.91. The Morgan fingerprint density at radius 1 is 1.75 bits per heavy atom. The number of hydrogen-bond donors (Lipinski definition) is 1. The molecular formula is C4H8N2OS. The van der Waals surface area contributed by atoms with Gasteiger partial charge in [0.25, 0.3) is 0 Å². The summed E-state index contributed by atoms with van der Waals surface area (Å²) in [7, 11) is 0. The third kappa shape index (κ3) is 2.52. The Labute approximate surface area is 51.5 Å². The van der Waals surface area contributed by atoms with Crippen LogP contribution < -0.4 is 5.69 Å². The van der Waals surface area contributed by atoms with E-state index in [2.05, 4.69) is 9.36 Å². The molecule has 0 fully saturated rings. The van der Waals surface area contributed by atoms with Crippen molar-refractivity contribution in [3.8, 4) is 0 Å². The Balaban J connectivity index is 0.000000222. The molecule has 8 heavy (non-hydrogen) atoms. The first-order valence-corrected chi connectivity index (χ1v) is 3.26. The zero-order valence-corrected chi connectivity index (χ0v) is 5.66. The number of aromatic amines is 1. The van der Waals surface area contributed by atoms with Crippen LogP contribution in [-0.2, 0) is 0 Å². The molecule has 3 nitrogen and oxygen atoms in total. The first kappa shape index (κ1) is 7.36. The van der Waals surface area contributed by atoms with Gasteiger partial charge in [-0.2, -0.15) is 4.98 Å². The summed E-state index contributed by atoms with van der Waals surface area (Å²) in [5.41, 5.74) is 1.20. The van der Waals surface area contributed by atoms with Gasteiger partial charge in [0.05, 0.1) is 0 Å². The van der Waals surface area contributed by atoms with Crippen LogP contribution in [0, 0.1) is 0 Å². The molecule has 0 saturated carbocycles. The SMILES string of the molecule is CC.O=c1ncs[nH]1. The first-order valence-electron chi connectivity index (χ1n) is 2.38. The maximum Gasteiger partial charge on any atom is 0.355 e. The van der Waals surface area contributed by atoms with E-state index < -0.39 is 0 Å².